The molecule has 0 saturated carbocycles. The molecule has 1 aromatic rings. The van der Waals surface area contributed by atoms with Gasteiger partial charge >= 0.3 is 71.4 Å². The first-order chi connectivity index (χ1) is 2.89. The number of rotatable bonds is 0. The summed E-state index contributed by atoms with van der Waals surface area (Å²) in [5, 5.41) is 0. The van der Waals surface area contributed by atoms with Crippen molar-refractivity contribution in [3.05, 3.63) is 42.7 Å². The molecule has 1 aromatic carbocycles. The summed E-state index contributed by atoms with van der Waals surface area (Å²) in [7, 11) is 0. The van der Waals surface area contributed by atoms with Crippen molar-refractivity contribution in [3.8, 4) is 0 Å². The summed E-state index contributed by atoms with van der Waals surface area (Å²) in [6.45, 7) is 0. The average molecular weight is 279 g/mol. The van der Waals surface area contributed by atoms with Crippen LogP contribution in [0.1, 0.15) is 0 Å². The van der Waals surface area contributed by atoms with Gasteiger partial charge in [-0.25, -0.2) is 0 Å². The van der Waals surface area contributed by atoms with E-state index in [2.05, 4.69) is 24.3 Å². The van der Waals surface area contributed by atoms with E-state index in [1.807, 2.05) is 0 Å². The maximum Gasteiger partial charge on any atom is 4.00 e. The Bertz CT molecular complexity index is 120. The Balaban J connectivity index is -0.0000000450. The van der Waals surface area contributed by atoms with Crippen molar-refractivity contribution in [3.63, 3.8) is 0 Å². The monoisotopic (exact) mass is 279 g/mol. The Labute approximate surface area is 89.4 Å². The topological polar surface area (TPSA) is 100 Å². The molecule has 0 spiro atoms. The Morgan fingerprint density at radius 1 is 0.900 bits per heavy atom. The molecule has 0 aliphatic carbocycles. The van der Waals surface area contributed by atoms with E-state index in [0.717, 1.165) is 16.5 Å². The van der Waals surface area contributed by atoms with Gasteiger partial charge in [-0.1, -0.05) is 0 Å². The van der Waals surface area contributed by atoms with Crippen LogP contribution in [0.3, 0.4) is 0 Å². The smallest absolute Gasteiger partial charge is 0.693 e. The molecule has 3 nitrogen and oxygen atoms in total. The molecule has 0 bridgehead atoms. The van der Waals surface area contributed by atoms with Gasteiger partial charge in [0.1, 0.15) is 0 Å². The average Bonchev–Trinajstić information content (AvgIpc) is 1.86. The van der Waals surface area contributed by atoms with Gasteiger partial charge in [-0.05, 0) is 0 Å². The minimum Gasteiger partial charge on any atom is -0.693 e. The SMILES string of the molecule is [GeH3][c-]1cccc1.[NH2-].[NH2-].[NH2-].[Zr+4]. The number of nitrogens with two attached hydrogens (primary N) is 3. The van der Waals surface area contributed by atoms with Crippen molar-refractivity contribution in [1.82, 2.24) is 0 Å². The summed E-state index contributed by atoms with van der Waals surface area (Å²) >= 11 is 0.885. The Morgan fingerprint density at radius 3 is 1.30 bits per heavy atom. The van der Waals surface area contributed by atoms with Crippen LogP contribution in [0.25, 0.3) is 18.5 Å². The summed E-state index contributed by atoms with van der Waals surface area (Å²) in [5.41, 5.74) is 0. The molecule has 0 unspecified atom stereocenters. The van der Waals surface area contributed by atoms with Gasteiger partial charge in [0.2, 0.25) is 0 Å². The van der Waals surface area contributed by atoms with E-state index in [1.165, 1.54) is 4.40 Å². The Hall–Kier alpha value is 0.656. The minimum atomic E-state index is 0. The fraction of sp³-hybridized carbons (Fsp3) is 0. The predicted octanol–water partition coefficient (Wildman–Crippen LogP) is 1.54. The molecule has 0 fully saturated rings. The normalized spacial score (nSPS) is 5.60. The van der Waals surface area contributed by atoms with Gasteiger partial charge in [-0.2, -0.15) is 0 Å². The molecule has 0 saturated heterocycles. The number of hydrogen-bond acceptors (Lipinski definition) is 0. The fourth-order valence-corrected chi connectivity index (χ4v) is 1.28. The quantitative estimate of drug-likeness (QED) is 0.508. The van der Waals surface area contributed by atoms with Gasteiger partial charge in [-0.15, -0.1) is 0 Å². The second-order valence-corrected chi connectivity index (χ2v) is 3.88. The Kier molecular flexibility index (Phi) is 27.7. The summed E-state index contributed by atoms with van der Waals surface area (Å²) in [5.74, 6) is 0. The second kappa shape index (κ2) is 12.3. The maximum absolute atomic E-state index is 2.17. The third kappa shape index (κ3) is 8.66. The van der Waals surface area contributed by atoms with E-state index in [9.17, 15) is 0 Å². The largest absolute Gasteiger partial charge is 4.00 e. The molecule has 0 heterocycles. The van der Waals surface area contributed by atoms with E-state index < -0.39 is 0 Å². The summed E-state index contributed by atoms with van der Waals surface area (Å²) in [4.78, 5) is 0. The molecule has 6 N–H and O–H groups in total. The molecule has 0 aliphatic heterocycles. The van der Waals surface area contributed by atoms with Crippen molar-refractivity contribution < 1.29 is 26.2 Å². The molecular formula is C5H13GeN3Zr. The van der Waals surface area contributed by atoms with E-state index >= 15 is 0 Å². The molecule has 56 valence electrons. The zero-order valence-electron chi connectivity index (χ0n) is 6.04. The first-order valence-corrected chi connectivity index (χ1v) is 4.18. The maximum atomic E-state index is 2.17. The standard InChI is InChI=1S/C5H7Ge.3H2N.Zr/c6-5-3-1-2-4-5;;;;/h1-4H,6H3;3*1H2;/q4*-1;+4. The van der Waals surface area contributed by atoms with Crippen LogP contribution in [0.4, 0.5) is 0 Å². The van der Waals surface area contributed by atoms with Crippen LogP contribution in [-0.2, 0) is 26.2 Å². The van der Waals surface area contributed by atoms with E-state index in [-0.39, 0.29) is 44.7 Å². The van der Waals surface area contributed by atoms with E-state index in [4.69, 9.17) is 0 Å². The van der Waals surface area contributed by atoms with Gasteiger partial charge in [0.05, 0.1) is 0 Å². The van der Waals surface area contributed by atoms with E-state index in [0.29, 0.717) is 0 Å². The van der Waals surface area contributed by atoms with Gasteiger partial charge in [-0.3, -0.25) is 0 Å². The molecule has 0 aliphatic rings. The summed E-state index contributed by atoms with van der Waals surface area (Å²) < 4.78 is 1.53. The molecule has 0 aromatic heterocycles. The third-order valence-corrected chi connectivity index (χ3v) is 2.23. The molecular weight excluding hydrogens is 266 g/mol. The van der Waals surface area contributed by atoms with Crippen LogP contribution in [0.15, 0.2) is 24.3 Å². The minimum absolute atomic E-state index is 0. The molecule has 0 amide bonds. The van der Waals surface area contributed by atoms with Crippen molar-refractivity contribution >= 4 is 20.9 Å². The molecule has 10 heavy (non-hydrogen) atoms. The molecule has 5 heteroatoms. The van der Waals surface area contributed by atoms with Gasteiger partial charge in [0.25, 0.3) is 0 Å². The second-order valence-electron chi connectivity index (χ2n) is 1.46. The van der Waals surface area contributed by atoms with Crippen LogP contribution in [-0.4, -0.2) is 16.5 Å². The van der Waals surface area contributed by atoms with E-state index in [1.54, 1.807) is 0 Å². The van der Waals surface area contributed by atoms with Crippen LogP contribution in [0.2, 0.25) is 0 Å². The first-order valence-electron chi connectivity index (χ1n) is 2.08. The van der Waals surface area contributed by atoms with Gasteiger partial charge in [0.15, 0.2) is 0 Å². The Morgan fingerprint density at radius 2 is 1.20 bits per heavy atom. The van der Waals surface area contributed by atoms with Crippen LogP contribution in [0.5, 0.6) is 0 Å². The zero-order chi connectivity index (χ0) is 4.41. The van der Waals surface area contributed by atoms with Crippen molar-refractivity contribution in [2.45, 2.75) is 0 Å². The number of hydrogen-bond donors (Lipinski definition) is 0. The van der Waals surface area contributed by atoms with Crippen LogP contribution >= 0.6 is 0 Å². The van der Waals surface area contributed by atoms with Crippen molar-refractivity contribution in [2.24, 2.45) is 0 Å². The van der Waals surface area contributed by atoms with Crippen molar-refractivity contribution in [2.75, 3.05) is 0 Å². The van der Waals surface area contributed by atoms with Gasteiger partial charge in [0, 0.05) is 0 Å². The van der Waals surface area contributed by atoms with Gasteiger partial charge < -0.3 is 18.5 Å². The third-order valence-electron chi connectivity index (χ3n) is 0.829. The zero-order valence-corrected chi connectivity index (χ0v) is 12.7. The molecule has 1 rings (SSSR count). The molecule has 0 atom stereocenters. The summed E-state index contributed by atoms with van der Waals surface area (Å²) in [6.07, 6.45) is 0. The molecule has 0 radical (unpaired) electrons. The predicted molar refractivity (Wildman–Crippen MR) is 47.5 cm³/mol. The first kappa shape index (κ1) is 22.4. The summed E-state index contributed by atoms with van der Waals surface area (Å²) in [6, 6.07) is 8.50. The van der Waals surface area contributed by atoms with Crippen LogP contribution < -0.4 is 4.40 Å². The fourth-order valence-electron chi connectivity index (χ4n) is 0.470. The van der Waals surface area contributed by atoms with Crippen molar-refractivity contribution in [1.29, 1.82) is 0 Å². The van der Waals surface area contributed by atoms with Crippen LogP contribution in [0, 0.1) is 0 Å².